The van der Waals surface area contributed by atoms with E-state index in [0.717, 1.165) is 5.56 Å². The van der Waals surface area contributed by atoms with Crippen LogP contribution in [0.1, 0.15) is 16.1 Å². The highest BCUT2D eigenvalue weighted by Gasteiger charge is 2.19. The number of carbonyl (C=O) groups excluding carboxylic acids is 1. The van der Waals surface area contributed by atoms with Gasteiger partial charge < -0.3 is 9.88 Å². The average Bonchev–Trinajstić information content (AvgIpc) is 2.88. The summed E-state index contributed by atoms with van der Waals surface area (Å²) in [5.74, 6) is -0.228. The Kier molecular flexibility index (Phi) is 5.14. The van der Waals surface area contributed by atoms with Gasteiger partial charge in [-0.3, -0.25) is 9.36 Å². The fraction of sp³-hybridized carbons (Fsp3) is 0.176. The molecule has 0 radical (unpaired) electrons. The Bertz CT molecular complexity index is 703. The number of hydrogen-bond donors (Lipinski definition) is 1. The van der Waals surface area contributed by atoms with Gasteiger partial charge in [0, 0.05) is 19.3 Å². The molecule has 22 heavy (non-hydrogen) atoms. The molecule has 1 heterocycles. The van der Waals surface area contributed by atoms with Gasteiger partial charge in [0.15, 0.2) is 0 Å². The zero-order chi connectivity index (χ0) is 15.9. The number of nitrogens with one attached hydrogen (secondary N) is 1. The Morgan fingerprint density at radius 2 is 1.82 bits per heavy atom. The zero-order valence-corrected chi connectivity index (χ0v) is 12.4. The number of H-pyrrole nitrogens is 1. The Labute approximate surface area is 129 Å². The predicted molar refractivity (Wildman–Crippen MR) is 86.9 cm³/mol. The van der Waals surface area contributed by atoms with Crippen molar-refractivity contribution in [3.63, 3.8) is 0 Å². The van der Waals surface area contributed by atoms with Crippen LogP contribution in [0.3, 0.4) is 0 Å². The lowest BCUT2D eigenvalue weighted by Gasteiger charge is -2.19. The highest BCUT2D eigenvalue weighted by Crippen LogP contribution is 2.07. The molecule has 1 N–H and O–H groups in total. The summed E-state index contributed by atoms with van der Waals surface area (Å²) in [6.45, 7) is 8.44. The second-order valence-corrected chi connectivity index (χ2v) is 4.84. The van der Waals surface area contributed by atoms with Crippen LogP contribution in [0.2, 0.25) is 0 Å². The Balaban J connectivity index is 2.32. The number of aromatic amines is 1. The van der Waals surface area contributed by atoms with Crippen LogP contribution in [0, 0.1) is 0 Å². The van der Waals surface area contributed by atoms with Gasteiger partial charge in [0.05, 0.1) is 6.54 Å². The maximum atomic E-state index is 12.6. The molecule has 2 rings (SSSR count). The third-order valence-electron chi connectivity index (χ3n) is 3.26. The van der Waals surface area contributed by atoms with Crippen molar-refractivity contribution in [2.24, 2.45) is 0 Å². The van der Waals surface area contributed by atoms with Gasteiger partial charge in [-0.25, -0.2) is 4.79 Å². The molecule has 0 aliphatic rings. The fourth-order valence-electron chi connectivity index (χ4n) is 2.21. The van der Waals surface area contributed by atoms with E-state index in [1.54, 1.807) is 17.1 Å². The summed E-state index contributed by atoms with van der Waals surface area (Å²) >= 11 is 0. The maximum absolute atomic E-state index is 12.6. The first kappa shape index (κ1) is 15.6. The van der Waals surface area contributed by atoms with Crippen LogP contribution in [-0.2, 0) is 6.54 Å². The maximum Gasteiger partial charge on any atom is 0.326 e. The number of benzene rings is 1. The lowest BCUT2D eigenvalue weighted by molar-refractivity contribution is 0.0780. The predicted octanol–water partition coefficient (Wildman–Crippen LogP) is 2.04. The van der Waals surface area contributed by atoms with Crippen molar-refractivity contribution in [2.45, 2.75) is 6.54 Å². The monoisotopic (exact) mass is 297 g/mol. The van der Waals surface area contributed by atoms with Crippen molar-refractivity contribution in [3.05, 3.63) is 83.6 Å². The topological polar surface area (TPSA) is 58.1 Å². The quantitative estimate of drug-likeness (QED) is 0.795. The summed E-state index contributed by atoms with van der Waals surface area (Å²) in [5.41, 5.74) is 0.985. The molecule has 0 fully saturated rings. The van der Waals surface area contributed by atoms with Crippen molar-refractivity contribution in [2.75, 3.05) is 13.1 Å². The lowest BCUT2D eigenvalue weighted by Crippen LogP contribution is -2.34. The summed E-state index contributed by atoms with van der Waals surface area (Å²) in [7, 11) is 0. The highest BCUT2D eigenvalue weighted by atomic mass is 16.2. The molecule has 1 amide bonds. The molecule has 0 saturated carbocycles. The lowest BCUT2D eigenvalue weighted by atomic mass is 10.2. The van der Waals surface area contributed by atoms with Crippen LogP contribution in [0.5, 0.6) is 0 Å². The second kappa shape index (κ2) is 7.26. The van der Waals surface area contributed by atoms with Crippen molar-refractivity contribution in [3.8, 4) is 0 Å². The first-order chi connectivity index (χ1) is 10.7. The van der Waals surface area contributed by atoms with Gasteiger partial charge in [-0.05, 0) is 5.56 Å². The van der Waals surface area contributed by atoms with Gasteiger partial charge in [-0.2, -0.15) is 0 Å². The van der Waals surface area contributed by atoms with E-state index in [1.165, 1.54) is 10.8 Å². The normalized spacial score (nSPS) is 10.2. The number of amides is 1. The van der Waals surface area contributed by atoms with Gasteiger partial charge in [0.2, 0.25) is 0 Å². The van der Waals surface area contributed by atoms with E-state index in [2.05, 4.69) is 18.1 Å². The van der Waals surface area contributed by atoms with Crippen LogP contribution < -0.4 is 5.69 Å². The number of imidazole rings is 1. The van der Waals surface area contributed by atoms with E-state index < -0.39 is 0 Å². The molecule has 114 valence electrons. The van der Waals surface area contributed by atoms with Gasteiger partial charge >= 0.3 is 5.69 Å². The first-order valence-electron chi connectivity index (χ1n) is 7.00. The van der Waals surface area contributed by atoms with Gasteiger partial charge in [0.25, 0.3) is 5.91 Å². The standard InChI is InChI=1S/C17H19N3O2/c1-3-10-19(11-4-2)16(21)15-12-18-17(22)20(15)13-14-8-6-5-7-9-14/h3-9,12H,1-2,10-11,13H2,(H,18,22). The third-order valence-corrected chi connectivity index (χ3v) is 3.26. The fourth-order valence-corrected chi connectivity index (χ4v) is 2.21. The summed E-state index contributed by atoms with van der Waals surface area (Å²) in [6, 6.07) is 9.54. The summed E-state index contributed by atoms with van der Waals surface area (Å²) in [5, 5.41) is 0. The van der Waals surface area contributed by atoms with E-state index in [9.17, 15) is 9.59 Å². The number of aromatic nitrogens is 2. The van der Waals surface area contributed by atoms with Crippen LogP contribution >= 0.6 is 0 Å². The molecular weight excluding hydrogens is 278 g/mol. The van der Waals surface area contributed by atoms with Crippen LogP contribution in [-0.4, -0.2) is 33.4 Å². The van der Waals surface area contributed by atoms with Crippen LogP contribution in [0.25, 0.3) is 0 Å². The molecule has 5 nitrogen and oxygen atoms in total. The van der Waals surface area contributed by atoms with Crippen molar-refractivity contribution >= 4 is 5.91 Å². The first-order valence-corrected chi connectivity index (χ1v) is 7.00. The minimum Gasteiger partial charge on any atom is -0.330 e. The molecule has 0 bridgehead atoms. The number of hydrogen-bond acceptors (Lipinski definition) is 2. The van der Waals surface area contributed by atoms with E-state index in [1.807, 2.05) is 30.3 Å². The molecule has 0 aliphatic heterocycles. The molecule has 5 heteroatoms. The van der Waals surface area contributed by atoms with E-state index >= 15 is 0 Å². The minimum atomic E-state index is -0.302. The number of carbonyl (C=O) groups is 1. The van der Waals surface area contributed by atoms with Crippen LogP contribution in [0.15, 0.2) is 66.6 Å². The van der Waals surface area contributed by atoms with Gasteiger partial charge in [0.1, 0.15) is 5.69 Å². The van der Waals surface area contributed by atoms with Gasteiger partial charge in [-0.1, -0.05) is 42.5 Å². The Hall–Kier alpha value is -2.82. The van der Waals surface area contributed by atoms with E-state index in [4.69, 9.17) is 0 Å². The van der Waals surface area contributed by atoms with Crippen molar-refractivity contribution in [1.82, 2.24) is 14.5 Å². The van der Waals surface area contributed by atoms with Crippen molar-refractivity contribution in [1.29, 1.82) is 0 Å². The minimum absolute atomic E-state index is 0.228. The van der Waals surface area contributed by atoms with E-state index in [-0.39, 0.29) is 11.6 Å². The summed E-state index contributed by atoms with van der Waals surface area (Å²) in [6.07, 6.45) is 4.74. The number of nitrogens with zero attached hydrogens (tertiary/aromatic N) is 2. The molecule has 2 aromatic rings. The third kappa shape index (κ3) is 3.44. The number of rotatable bonds is 7. The van der Waals surface area contributed by atoms with Crippen molar-refractivity contribution < 1.29 is 4.79 Å². The van der Waals surface area contributed by atoms with Gasteiger partial charge in [-0.15, -0.1) is 13.2 Å². The summed E-state index contributed by atoms with van der Waals surface area (Å²) < 4.78 is 1.44. The SMILES string of the molecule is C=CCN(CC=C)C(=O)c1c[nH]c(=O)n1Cc1ccccc1. The summed E-state index contributed by atoms with van der Waals surface area (Å²) in [4.78, 5) is 28.7. The van der Waals surface area contributed by atoms with E-state index in [0.29, 0.717) is 25.3 Å². The molecule has 0 unspecified atom stereocenters. The zero-order valence-electron chi connectivity index (χ0n) is 12.4. The molecule has 0 saturated heterocycles. The second-order valence-electron chi connectivity index (χ2n) is 4.84. The molecule has 0 spiro atoms. The highest BCUT2D eigenvalue weighted by molar-refractivity contribution is 5.92. The molecule has 1 aromatic carbocycles. The van der Waals surface area contributed by atoms with Crippen LogP contribution in [0.4, 0.5) is 0 Å². The molecule has 0 aliphatic carbocycles. The smallest absolute Gasteiger partial charge is 0.326 e. The molecule has 1 aromatic heterocycles. The Morgan fingerprint density at radius 1 is 1.18 bits per heavy atom. The molecular formula is C17H19N3O2. The average molecular weight is 297 g/mol. The molecule has 0 atom stereocenters. The Morgan fingerprint density at radius 3 is 2.41 bits per heavy atom. The largest absolute Gasteiger partial charge is 0.330 e.